The molecule has 1 heterocycles. The van der Waals surface area contributed by atoms with E-state index in [1.165, 1.54) is 31.5 Å². The van der Waals surface area contributed by atoms with Crippen LogP contribution in [0.15, 0.2) is 18.2 Å². The monoisotopic (exact) mass is 318 g/mol. The molecule has 3 nitrogen and oxygen atoms in total. The van der Waals surface area contributed by atoms with E-state index in [2.05, 4.69) is 16.3 Å². The lowest BCUT2D eigenvalue weighted by molar-refractivity contribution is 0.167. The van der Waals surface area contributed by atoms with E-state index in [4.69, 9.17) is 16.3 Å². The van der Waals surface area contributed by atoms with Gasteiger partial charge in [-0.2, -0.15) is 0 Å². The van der Waals surface area contributed by atoms with Crippen LogP contribution in [0.25, 0.3) is 0 Å². The van der Waals surface area contributed by atoms with Crippen LogP contribution in [0.2, 0.25) is 5.02 Å². The summed E-state index contributed by atoms with van der Waals surface area (Å²) in [5, 5.41) is 3.98. The van der Waals surface area contributed by atoms with Crippen LogP contribution in [0.3, 0.4) is 0 Å². The maximum Gasteiger partial charge on any atom is 0.137 e. The molecule has 1 unspecified atom stereocenters. The molecule has 0 bridgehead atoms. The minimum Gasteiger partial charge on any atom is -0.495 e. The van der Waals surface area contributed by atoms with Crippen molar-refractivity contribution in [3.8, 4) is 5.75 Å². The van der Waals surface area contributed by atoms with Crippen LogP contribution in [0.4, 0.5) is 0 Å². The highest BCUT2D eigenvalue weighted by Gasteiger charge is 2.19. The molecule has 20 heavy (non-hydrogen) atoms. The number of methoxy groups -OCH3 is 1. The van der Waals surface area contributed by atoms with Crippen molar-refractivity contribution in [2.45, 2.75) is 19.4 Å². The SMILES string of the molecule is CNCC1CCCN(Cc2ccc(OC)c(Cl)c2)C1.Cl. The van der Waals surface area contributed by atoms with E-state index in [-0.39, 0.29) is 12.4 Å². The number of halogens is 2. The van der Waals surface area contributed by atoms with Gasteiger partial charge in [0.2, 0.25) is 0 Å². The molecule has 0 saturated carbocycles. The molecule has 1 aromatic rings. The lowest BCUT2D eigenvalue weighted by Gasteiger charge is -2.32. The van der Waals surface area contributed by atoms with Gasteiger partial charge in [-0.05, 0) is 56.6 Å². The first-order chi connectivity index (χ1) is 9.22. The van der Waals surface area contributed by atoms with Crippen molar-refractivity contribution in [1.29, 1.82) is 0 Å². The maximum atomic E-state index is 6.17. The standard InChI is InChI=1S/C15H23ClN2O.ClH/c1-17-9-13-4-3-7-18(11-13)10-12-5-6-15(19-2)14(16)8-12;/h5-6,8,13,17H,3-4,7,9-11H2,1-2H3;1H. The Balaban J connectivity index is 0.00000200. The average molecular weight is 319 g/mol. The predicted molar refractivity (Wildman–Crippen MR) is 87.2 cm³/mol. The normalized spacial score (nSPS) is 19.4. The van der Waals surface area contributed by atoms with Crippen molar-refractivity contribution in [3.63, 3.8) is 0 Å². The zero-order valence-corrected chi connectivity index (χ0v) is 13.8. The summed E-state index contributed by atoms with van der Waals surface area (Å²) in [4.78, 5) is 2.52. The first-order valence-electron chi connectivity index (χ1n) is 6.92. The molecule has 1 atom stereocenters. The summed E-state index contributed by atoms with van der Waals surface area (Å²) in [5.74, 6) is 1.52. The molecule has 114 valence electrons. The predicted octanol–water partition coefficient (Wildman–Crippen LogP) is 3.20. The molecule has 0 amide bonds. The van der Waals surface area contributed by atoms with Gasteiger partial charge in [0.15, 0.2) is 0 Å². The van der Waals surface area contributed by atoms with Gasteiger partial charge < -0.3 is 10.1 Å². The largest absolute Gasteiger partial charge is 0.495 e. The molecule has 1 saturated heterocycles. The number of nitrogens with one attached hydrogen (secondary N) is 1. The van der Waals surface area contributed by atoms with Gasteiger partial charge in [0.1, 0.15) is 5.75 Å². The average Bonchev–Trinajstić information content (AvgIpc) is 2.40. The smallest absolute Gasteiger partial charge is 0.137 e. The Morgan fingerprint density at radius 3 is 2.90 bits per heavy atom. The third-order valence-electron chi connectivity index (χ3n) is 3.72. The van der Waals surface area contributed by atoms with E-state index in [1.54, 1.807) is 7.11 Å². The number of hydrogen-bond donors (Lipinski definition) is 1. The van der Waals surface area contributed by atoms with Gasteiger partial charge in [0, 0.05) is 13.1 Å². The Labute approximate surface area is 133 Å². The molecular weight excluding hydrogens is 295 g/mol. The second-order valence-electron chi connectivity index (χ2n) is 5.27. The van der Waals surface area contributed by atoms with E-state index in [1.807, 2.05) is 19.2 Å². The van der Waals surface area contributed by atoms with Crippen LogP contribution in [-0.2, 0) is 6.54 Å². The molecule has 1 fully saturated rings. The maximum absolute atomic E-state index is 6.17. The fraction of sp³-hybridized carbons (Fsp3) is 0.600. The molecule has 0 aliphatic carbocycles. The third kappa shape index (κ3) is 4.81. The molecule has 0 spiro atoms. The Hall–Kier alpha value is -0.480. The second-order valence-corrected chi connectivity index (χ2v) is 5.68. The van der Waals surface area contributed by atoms with Crippen LogP contribution in [-0.4, -0.2) is 38.7 Å². The lowest BCUT2D eigenvalue weighted by atomic mass is 9.97. The molecule has 5 heteroatoms. The van der Waals surface area contributed by atoms with Crippen molar-refractivity contribution >= 4 is 24.0 Å². The molecule has 1 aliphatic rings. The Kier molecular flexibility index (Phi) is 7.67. The molecule has 2 rings (SSSR count). The van der Waals surface area contributed by atoms with Crippen LogP contribution < -0.4 is 10.1 Å². The number of ether oxygens (including phenoxy) is 1. The molecule has 1 aromatic carbocycles. The highest BCUT2D eigenvalue weighted by atomic mass is 35.5. The van der Waals surface area contributed by atoms with E-state index < -0.39 is 0 Å². The van der Waals surface area contributed by atoms with E-state index >= 15 is 0 Å². The fourth-order valence-corrected chi connectivity index (χ4v) is 3.10. The quantitative estimate of drug-likeness (QED) is 0.902. The molecule has 0 radical (unpaired) electrons. The Morgan fingerprint density at radius 2 is 2.25 bits per heavy atom. The summed E-state index contributed by atoms with van der Waals surface area (Å²) >= 11 is 6.17. The summed E-state index contributed by atoms with van der Waals surface area (Å²) in [5.41, 5.74) is 1.26. The summed E-state index contributed by atoms with van der Waals surface area (Å²) < 4.78 is 5.19. The molecule has 0 aromatic heterocycles. The fourth-order valence-electron chi connectivity index (χ4n) is 2.82. The molecule has 1 aliphatic heterocycles. The van der Waals surface area contributed by atoms with E-state index in [0.29, 0.717) is 5.02 Å². The minimum atomic E-state index is 0. The number of nitrogens with zero attached hydrogens (tertiary/aromatic N) is 1. The highest BCUT2D eigenvalue weighted by Crippen LogP contribution is 2.26. The van der Waals surface area contributed by atoms with Gasteiger partial charge in [-0.1, -0.05) is 17.7 Å². The summed E-state index contributed by atoms with van der Waals surface area (Å²) in [6.45, 7) is 4.44. The Bertz CT molecular complexity index is 413. The first-order valence-corrected chi connectivity index (χ1v) is 7.30. The van der Waals surface area contributed by atoms with Gasteiger partial charge >= 0.3 is 0 Å². The third-order valence-corrected chi connectivity index (χ3v) is 4.01. The van der Waals surface area contributed by atoms with Crippen LogP contribution in [0, 0.1) is 5.92 Å². The topological polar surface area (TPSA) is 24.5 Å². The molecular formula is C15H24Cl2N2O. The number of rotatable bonds is 5. The second kappa shape index (κ2) is 8.73. The van der Waals surface area contributed by atoms with Gasteiger partial charge in [-0.15, -0.1) is 12.4 Å². The number of hydrogen-bond acceptors (Lipinski definition) is 3. The van der Waals surface area contributed by atoms with Gasteiger partial charge in [0.25, 0.3) is 0 Å². The zero-order chi connectivity index (χ0) is 13.7. The number of piperidine rings is 1. The van der Waals surface area contributed by atoms with Gasteiger partial charge in [-0.3, -0.25) is 4.90 Å². The van der Waals surface area contributed by atoms with E-state index in [0.717, 1.165) is 24.8 Å². The first kappa shape index (κ1) is 17.6. The van der Waals surface area contributed by atoms with Crippen molar-refractivity contribution in [2.24, 2.45) is 5.92 Å². The van der Waals surface area contributed by atoms with Crippen molar-refractivity contribution in [3.05, 3.63) is 28.8 Å². The highest BCUT2D eigenvalue weighted by molar-refractivity contribution is 6.32. The number of likely N-dealkylation sites (tertiary alicyclic amines) is 1. The van der Waals surface area contributed by atoms with Crippen LogP contribution in [0.1, 0.15) is 18.4 Å². The summed E-state index contributed by atoms with van der Waals surface area (Å²) in [6.07, 6.45) is 2.62. The van der Waals surface area contributed by atoms with Gasteiger partial charge in [-0.25, -0.2) is 0 Å². The Morgan fingerprint density at radius 1 is 1.45 bits per heavy atom. The minimum absolute atomic E-state index is 0. The molecule has 1 N–H and O–H groups in total. The van der Waals surface area contributed by atoms with Gasteiger partial charge in [0.05, 0.1) is 12.1 Å². The van der Waals surface area contributed by atoms with Crippen molar-refractivity contribution < 1.29 is 4.74 Å². The van der Waals surface area contributed by atoms with Crippen molar-refractivity contribution in [2.75, 3.05) is 33.8 Å². The van der Waals surface area contributed by atoms with Crippen molar-refractivity contribution in [1.82, 2.24) is 10.2 Å². The van der Waals surface area contributed by atoms with Crippen LogP contribution in [0.5, 0.6) is 5.75 Å². The van der Waals surface area contributed by atoms with E-state index in [9.17, 15) is 0 Å². The summed E-state index contributed by atoms with van der Waals surface area (Å²) in [7, 11) is 3.68. The number of benzene rings is 1. The summed E-state index contributed by atoms with van der Waals surface area (Å²) in [6, 6.07) is 6.07. The zero-order valence-electron chi connectivity index (χ0n) is 12.2. The lowest BCUT2D eigenvalue weighted by Crippen LogP contribution is -2.38. The van der Waals surface area contributed by atoms with Crippen LogP contribution >= 0.6 is 24.0 Å².